The molecule has 2 fully saturated rings. The highest BCUT2D eigenvalue weighted by Crippen LogP contribution is 2.23. The molecule has 15 heteroatoms. The molecule has 0 aliphatic carbocycles. The number of nitrogens with one attached hydrogen (secondary N) is 1. The van der Waals surface area contributed by atoms with Gasteiger partial charge in [-0.15, -0.1) is 0 Å². The van der Waals surface area contributed by atoms with Crippen LogP contribution >= 0.6 is 0 Å². The van der Waals surface area contributed by atoms with Gasteiger partial charge in [-0.3, -0.25) is 9.59 Å². The lowest BCUT2D eigenvalue weighted by molar-refractivity contribution is -0.301. The first-order valence-electron chi connectivity index (χ1n) is 15.2. The number of ether oxygens (including phenoxy) is 4. The van der Waals surface area contributed by atoms with E-state index in [1.54, 1.807) is 18.9 Å². The van der Waals surface area contributed by atoms with E-state index in [2.05, 4.69) is 5.32 Å². The Balaban J connectivity index is 1.82. The number of nitrogens with zero attached hydrogens (tertiary/aromatic N) is 1. The number of hydrogen-bond donors (Lipinski definition) is 8. The minimum absolute atomic E-state index is 0.0120. The molecule has 2 rings (SSSR count). The summed E-state index contributed by atoms with van der Waals surface area (Å²) in [5, 5.41) is 72.0. The van der Waals surface area contributed by atoms with Crippen LogP contribution in [0.15, 0.2) is 0 Å². The van der Waals surface area contributed by atoms with Gasteiger partial charge in [-0.05, 0) is 26.2 Å². The van der Waals surface area contributed by atoms with Crippen molar-refractivity contribution >= 4 is 11.8 Å². The molecule has 2 aliphatic rings. The van der Waals surface area contributed by atoms with Crippen LogP contribution in [0.3, 0.4) is 0 Å². The number of aliphatic hydroxyl groups excluding tert-OH is 7. The number of hydrogen-bond acceptors (Lipinski definition) is 13. The molecule has 0 aromatic rings. The number of unbranched alkanes of at least 4 members (excludes halogenated alkanes) is 5. The fraction of sp³-hybridized carbons (Fsp3) is 0.929. The molecule has 15 nitrogen and oxygen atoms in total. The average Bonchev–Trinajstić information content (AvgIpc) is 3.00. The summed E-state index contributed by atoms with van der Waals surface area (Å²) < 4.78 is 21.9. The van der Waals surface area contributed by atoms with Crippen molar-refractivity contribution in [1.29, 1.82) is 0 Å². The zero-order valence-electron chi connectivity index (χ0n) is 25.2. The Morgan fingerprint density at radius 1 is 0.698 bits per heavy atom. The minimum atomic E-state index is -1.55. The molecular formula is C28H52N2O13. The number of aliphatic hydroxyl groups is 7. The van der Waals surface area contributed by atoms with Crippen LogP contribution in [0.25, 0.3) is 0 Å². The lowest BCUT2D eigenvalue weighted by Gasteiger charge is -2.39. The Kier molecular flexibility index (Phi) is 17.3. The zero-order valence-corrected chi connectivity index (χ0v) is 25.2. The summed E-state index contributed by atoms with van der Waals surface area (Å²) >= 11 is 0. The predicted octanol–water partition coefficient (Wildman–Crippen LogP) is -2.27. The van der Waals surface area contributed by atoms with E-state index >= 15 is 0 Å². The van der Waals surface area contributed by atoms with Crippen LogP contribution in [-0.4, -0.2) is 154 Å². The lowest BCUT2D eigenvalue weighted by Crippen LogP contribution is -2.59. The molecule has 10 atom stereocenters. The summed E-state index contributed by atoms with van der Waals surface area (Å²) in [6.45, 7) is 1.40. The van der Waals surface area contributed by atoms with E-state index in [4.69, 9.17) is 18.9 Å². The van der Waals surface area contributed by atoms with Gasteiger partial charge in [-0.25, -0.2) is 0 Å². The van der Waals surface area contributed by atoms with Crippen LogP contribution < -0.4 is 5.32 Å². The third-order valence-corrected chi connectivity index (χ3v) is 7.83. The molecule has 2 aliphatic heterocycles. The number of carbonyl (C=O) groups is 2. The summed E-state index contributed by atoms with van der Waals surface area (Å²) in [5.41, 5.74) is 0. The van der Waals surface area contributed by atoms with Crippen LogP contribution in [0.1, 0.15) is 64.7 Å². The standard InChI is InChI=1S/C28H52N2O13/c1-17-21(34)23(36)25(38)27(42-17)41-15-13-30(20(33)11-8-6-4-3-5-7-10-19(32)29-2)12-9-14-40-28-26(39)24(37)22(35)18(16-31)43-28/h17-18,21-28,31,34-39H,3-16H2,1-2H3,(H,29,32). The largest absolute Gasteiger partial charge is 0.394 e. The molecule has 0 aromatic carbocycles. The highest BCUT2D eigenvalue weighted by molar-refractivity contribution is 5.76. The van der Waals surface area contributed by atoms with Crippen molar-refractivity contribution in [3.63, 3.8) is 0 Å². The summed E-state index contributed by atoms with van der Waals surface area (Å²) in [6.07, 6.45) is -6.65. The van der Waals surface area contributed by atoms with Crippen molar-refractivity contribution in [2.75, 3.05) is 40.0 Å². The van der Waals surface area contributed by atoms with Crippen molar-refractivity contribution < 1.29 is 64.3 Å². The van der Waals surface area contributed by atoms with E-state index < -0.39 is 68.0 Å². The second kappa shape index (κ2) is 19.8. The SMILES string of the molecule is CNC(=O)CCCCCCCCC(=O)N(CCCOC1OC(CO)C(O)C(O)C1O)CCOC1OC(C)C(O)C(O)C1O. The molecule has 0 spiro atoms. The summed E-state index contributed by atoms with van der Waals surface area (Å²) in [4.78, 5) is 25.9. The van der Waals surface area contributed by atoms with Gasteiger partial charge in [0.15, 0.2) is 12.6 Å². The quantitative estimate of drug-likeness (QED) is 0.0710. The van der Waals surface area contributed by atoms with E-state index in [1.807, 2.05) is 0 Å². The lowest BCUT2D eigenvalue weighted by atomic mass is 9.99. The molecule has 10 unspecified atom stereocenters. The first-order valence-corrected chi connectivity index (χ1v) is 15.2. The molecule has 43 heavy (non-hydrogen) atoms. The Hall–Kier alpha value is -1.50. The van der Waals surface area contributed by atoms with Gasteiger partial charge >= 0.3 is 0 Å². The normalized spacial score (nSPS) is 32.9. The van der Waals surface area contributed by atoms with Crippen LogP contribution in [0.4, 0.5) is 0 Å². The molecule has 2 saturated heterocycles. The molecule has 0 aromatic heterocycles. The molecule has 2 amide bonds. The monoisotopic (exact) mass is 624 g/mol. The summed E-state index contributed by atoms with van der Waals surface area (Å²) in [5.74, 6) is -0.0916. The first-order chi connectivity index (χ1) is 20.5. The predicted molar refractivity (Wildman–Crippen MR) is 150 cm³/mol. The van der Waals surface area contributed by atoms with Gasteiger partial charge in [-0.1, -0.05) is 25.7 Å². The van der Waals surface area contributed by atoms with Gasteiger partial charge in [0.05, 0.1) is 25.9 Å². The number of amides is 2. The first kappa shape index (κ1) is 37.7. The second-order valence-electron chi connectivity index (χ2n) is 11.1. The van der Waals surface area contributed by atoms with E-state index in [0.29, 0.717) is 25.7 Å². The Labute approximate surface area is 252 Å². The van der Waals surface area contributed by atoms with E-state index in [1.165, 1.54) is 0 Å². The van der Waals surface area contributed by atoms with E-state index in [0.717, 1.165) is 32.1 Å². The van der Waals surface area contributed by atoms with Crippen LogP contribution in [-0.2, 0) is 28.5 Å². The molecule has 0 bridgehead atoms. The third-order valence-electron chi connectivity index (χ3n) is 7.83. The minimum Gasteiger partial charge on any atom is -0.394 e. The second-order valence-corrected chi connectivity index (χ2v) is 11.1. The van der Waals surface area contributed by atoms with Gasteiger partial charge in [-0.2, -0.15) is 0 Å². The highest BCUT2D eigenvalue weighted by atomic mass is 16.7. The van der Waals surface area contributed by atoms with Crippen LogP contribution in [0, 0.1) is 0 Å². The molecule has 8 N–H and O–H groups in total. The Bertz CT molecular complexity index is 807. The van der Waals surface area contributed by atoms with Crippen molar-refractivity contribution in [3.8, 4) is 0 Å². The van der Waals surface area contributed by atoms with Crippen LogP contribution in [0.2, 0.25) is 0 Å². The van der Waals surface area contributed by atoms with Crippen molar-refractivity contribution in [2.45, 2.75) is 126 Å². The average molecular weight is 625 g/mol. The van der Waals surface area contributed by atoms with Gasteiger partial charge < -0.3 is 64.9 Å². The third kappa shape index (κ3) is 12.1. The molecular weight excluding hydrogens is 572 g/mol. The maximum absolute atomic E-state index is 13.1. The van der Waals surface area contributed by atoms with Gasteiger partial charge in [0.1, 0.15) is 42.7 Å². The Morgan fingerprint density at radius 2 is 1.26 bits per heavy atom. The van der Waals surface area contributed by atoms with E-state index in [9.17, 15) is 45.3 Å². The fourth-order valence-corrected chi connectivity index (χ4v) is 5.00. The smallest absolute Gasteiger partial charge is 0.222 e. The summed E-state index contributed by atoms with van der Waals surface area (Å²) in [6, 6.07) is 0. The maximum Gasteiger partial charge on any atom is 0.222 e. The van der Waals surface area contributed by atoms with Crippen molar-refractivity contribution in [1.82, 2.24) is 10.2 Å². The molecule has 252 valence electrons. The molecule has 2 heterocycles. The van der Waals surface area contributed by atoms with Gasteiger partial charge in [0, 0.05) is 33.0 Å². The van der Waals surface area contributed by atoms with Gasteiger partial charge in [0.2, 0.25) is 11.8 Å². The van der Waals surface area contributed by atoms with E-state index in [-0.39, 0.29) is 38.1 Å². The Morgan fingerprint density at radius 3 is 1.88 bits per heavy atom. The highest BCUT2D eigenvalue weighted by Gasteiger charge is 2.44. The molecule has 0 radical (unpaired) electrons. The zero-order chi connectivity index (χ0) is 31.9. The molecule has 0 saturated carbocycles. The fourth-order valence-electron chi connectivity index (χ4n) is 5.00. The summed E-state index contributed by atoms with van der Waals surface area (Å²) in [7, 11) is 1.62. The number of carbonyl (C=O) groups excluding carboxylic acids is 2. The van der Waals surface area contributed by atoms with Gasteiger partial charge in [0.25, 0.3) is 0 Å². The topological polar surface area (TPSA) is 228 Å². The maximum atomic E-state index is 13.1. The number of rotatable bonds is 19. The van der Waals surface area contributed by atoms with Crippen molar-refractivity contribution in [3.05, 3.63) is 0 Å². The van der Waals surface area contributed by atoms with Crippen molar-refractivity contribution in [2.24, 2.45) is 0 Å². The van der Waals surface area contributed by atoms with Crippen LogP contribution in [0.5, 0.6) is 0 Å².